The molecular formula is C29H23BrN4O4S. The molecule has 0 radical (unpaired) electrons. The lowest BCUT2D eigenvalue weighted by Gasteiger charge is -2.13. The van der Waals surface area contributed by atoms with E-state index in [-0.39, 0.29) is 12.1 Å². The number of hydrogen-bond donors (Lipinski definition) is 1. The highest BCUT2D eigenvalue weighted by atomic mass is 79.9. The Balaban J connectivity index is 1.24. The quantitative estimate of drug-likeness (QED) is 0.174. The number of aromatic nitrogens is 2. The van der Waals surface area contributed by atoms with E-state index in [0.717, 1.165) is 16.0 Å². The van der Waals surface area contributed by atoms with Crippen LogP contribution in [0, 0.1) is 0 Å². The zero-order valence-electron chi connectivity index (χ0n) is 20.8. The number of methoxy groups -OCH3 is 1. The van der Waals surface area contributed by atoms with Gasteiger partial charge in [-0.15, -0.1) is 11.3 Å². The van der Waals surface area contributed by atoms with Crippen molar-refractivity contribution in [2.24, 2.45) is 5.10 Å². The fraction of sp³-hybridized carbons (Fsp3) is 0.103. The summed E-state index contributed by atoms with van der Waals surface area (Å²) >= 11 is 4.96. The van der Waals surface area contributed by atoms with Crippen molar-refractivity contribution in [3.63, 3.8) is 0 Å². The van der Waals surface area contributed by atoms with E-state index in [4.69, 9.17) is 9.47 Å². The molecule has 2 aromatic heterocycles. The summed E-state index contributed by atoms with van der Waals surface area (Å²) in [5, 5.41) is 4.51. The van der Waals surface area contributed by atoms with Crippen LogP contribution in [0.3, 0.4) is 0 Å². The Morgan fingerprint density at radius 1 is 1.10 bits per heavy atom. The third-order valence-electron chi connectivity index (χ3n) is 5.77. The highest BCUT2D eigenvalue weighted by molar-refractivity contribution is 9.10. The number of nitrogens with one attached hydrogen (secondary N) is 1. The van der Waals surface area contributed by atoms with E-state index in [0.29, 0.717) is 38.4 Å². The van der Waals surface area contributed by atoms with Crippen molar-refractivity contribution >= 4 is 49.6 Å². The number of rotatable bonds is 9. The Bertz CT molecular complexity index is 1700. The van der Waals surface area contributed by atoms with Crippen molar-refractivity contribution in [1.82, 2.24) is 15.0 Å². The minimum absolute atomic E-state index is 0.213. The summed E-state index contributed by atoms with van der Waals surface area (Å²) in [6.07, 6.45) is 2.87. The molecule has 196 valence electrons. The predicted molar refractivity (Wildman–Crippen MR) is 157 cm³/mol. The van der Waals surface area contributed by atoms with E-state index >= 15 is 0 Å². The van der Waals surface area contributed by atoms with Crippen LogP contribution in [0.15, 0.2) is 99.6 Å². The maximum Gasteiger partial charge on any atom is 0.262 e. The zero-order chi connectivity index (χ0) is 27.2. The van der Waals surface area contributed by atoms with Gasteiger partial charge in [-0.25, -0.2) is 10.4 Å². The maximum atomic E-state index is 13.0. The molecule has 39 heavy (non-hydrogen) atoms. The van der Waals surface area contributed by atoms with E-state index < -0.39 is 5.91 Å². The third kappa shape index (κ3) is 6.24. The summed E-state index contributed by atoms with van der Waals surface area (Å²) in [4.78, 5) is 31.4. The number of hydrogen-bond acceptors (Lipinski definition) is 7. The van der Waals surface area contributed by atoms with Crippen molar-refractivity contribution in [1.29, 1.82) is 0 Å². The number of fused-ring (bicyclic) bond motifs is 1. The van der Waals surface area contributed by atoms with Gasteiger partial charge in [0, 0.05) is 4.88 Å². The molecule has 0 atom stereocenters. The second kappa shape index (κ2) is 12.1. The Labute approximate surface area is 236 Å². The Morgan fingerprint density at radius 2 is 1.85 bits per heavy atom. The second-order valence-corrected chi connectivity index (χ2v) is 10.4. The molecule has 0 spiro atoms. The predicted octanol–water partition coefficient (Wildman–Crippen LogP) is 5.63. The minimum atomic E-state index is -0.457. The Kier molecular flexibility index (Phi) is 8.14. The summed E-state index contributed by atoms with van der Waals surface area (Å²) in [5.41, 5.74) is 4.90. The van der Waals surface area contributed by atoms with Crippen molar-refractivity contribution in [2.75, 3.05) is 7.11 Å². The van der Waals surface area contributed by atoms with Crippen LogP contribution in [0.1, 0.15) is 11.1 Å². The third-order valence-corrected chi connectivity index (χ3v) is 7.45. The molecule has 0 saturated heterocycles. The number of benzene rings is 3. The first kappa shape index (κ1) is 26.3. The molecule has 0 saturated carbocycles. The molecule has 0 aliphatic heterocycles. The molecule has 8 nitrogen and oxygen atoms in total. The van der Waals surface area contributed by atoms with Crippen LogP contribution in [0.5, 0.6) is 11.5 Å². The molecular weight excluding hydrogens is 580 g/mol. The molecule has 10 heteroatoms. The lowest BCUT2D eigenvalue weighted by Crippen LogP contribution is -2.29. The lowest BCUT2D eigenvalue weighted by atomic mass is 10.2. The Hall–Kier alpha value is -4.28. The van der Waals surface area contributed by atoms with E-state index in [1.54, 1.807) is 13.2 Å². The van der Waals surface area contributed by atoms with Gasteiger partial charge in [0.05, 0.1) is 29.5 Å². The lowest BCUT2D eigenvalue weighted by molar-refractivity contribution is -0.121. The molecule has 0 aliphatic carbocycles. The SMILES string of the molecule is COc1cc(/C=N\NC(=O)Cn2cnc3sc(-c4ccccc4)cc3c2=O)cc(Br)c1OCc1ccccc1. The molecule has 2 heterocycles. The van der Waals surface area contributed by atoms with Gasteiger partial charge in [0.25, 0.3) is 11.5 Å². The van der Waals surface area contributed by atoms with Gasteiger partial charge in [-0.05, 0) is 50.8 Å². The van der Waals surface area contributed by atoms with Gasteiger partial charge >= 0.3 is 0 Å². The fourth-order valence-corrected chi connectivity index (χ4v) is 5.44. The van der Waals surface area contributed by atoms with Gasteiger partial charge in [-0.3, -0.25) is 14.2 Å². The molecule has 5 rings (SSSR count). The van der Waals surface area contributed by atoms with Gasteiger partial charge in [-0.1, -0.05) is 60.7 Å². The fourth-order valence-electron chi connectivity index (χ4n) is 3.87. The van der Waals surface area contributed by atoms with Crippen LogP contribution in [0.4, 0.5) is 0 Å². The van der Waals surface area contributed by atoms with Crippen LogP contribution < -0.4 is 20.5 Å². The number of nitrogens with zero attached hydrogens (tertiary/aromatic N) is 3. The molecule has 0 aliphatic rings. The number of ether oxygens (including phenoxy) is 2. The number of hydrazone groups is 1. The molecule has 0 fully saturated rings. The summed E-state index contributed by atoms with van der Waals surface area (Å²) in [6, 6.07) is 25.0. The molecule has 5 aromatic rings. The average Bonchev–Trinajstić information content (AvgIpc) is 3.40. The highest BCUT2D eigenvalue weighted by Gasteiger charge is 2.13. The van der Waals surface area contributed by atoms with Crippen LogP contribution in [0.25, 0.3) is 20.7 Å². The van der Waals surface area contributed by atoms with Crippen molar-refractivity contribution in [2.45, 2.75) is 13.2 Å². The number of carbonyl (C=O) groups is 1. The van der Waals surface area contributed by atoms with E-state index in [9.17, 15) is 9.59 Å². The number of amides is 1. The second-order valence-electron chi connectivity index (χ2n) is 8.47. The Morgan fingerprint density at radius 3 is 2.59 bits per heavy atom. The monoisotopic (exact) mass is 602 g/mol. The summed E-state index contributed by atoms with van der Waals surface area (Å²) in [6.45, 7) is 0.174. The molecule has 1 N–H and O–H groups in total. The number of carbonyl (C=O) groups excluding carboxylic acids is 1. The largest absolute Gasteiger partial charge is 0.493 e. The number of thiophene rings is 1. The first-order chi connectivity index (χ1) is 19.0. The molecule has 0 unspecified atom stereocenters. The van der Waals surface area contributed by atoms with Gasteiger partial charge < -0.3 is 9.47 Å². The van der Waals surface area contributed by atoms with Gasteiger partial charge in [0.1, 0.15) is 18.0 Å². The van der Waals surface area contributed by atoms with Gasteiger partial charge in [0.2, 0.25) is 0 Å². The summed E-state index contributed by atoms with van der Waals surface area (Å²) in [5.74, 6) is 0.625. The number of halogens is 1. The average molecular weight is 603 g/mol. The minimum Gasteiger partial charge on any atom is -0.493 e. The topological polar surface area (TPSA) is 94.8 Å². The molecule has 1 amide bonds. The van der Waals surface area contributed by atoms with E-state index in [1.165, 1.54) is 28.4 Å². The van der Waals surface area contributed by atoms with Gasteiger partial charge in [0.15, 0.2) is 11.5 Å². The van der Waals surface area contributed by atoms with Gasteiger partial charge in [-0.2, -0.15) is 5.10 Å². The van der Waals surface area contributed by atoms with Crippen LogP contribution >= 0.6 is 27.3 Å². The van der Waals surface area contributed by atoms with Crippen LogP contribution in [0.2, 0.25) is 0 Å². The van der Waals surface area contributed by atoms with Crippen molar-refractivity contribution < 1.29 is 14.3 Å². The first-order valence-electron chi connectivity index (χ1n) is 11.9. The van der Waals surface area contributed by atoms with Crippen LogP contribution in [-0.2, 0) is 17.9 Å². The maximum absolute atomic E-state index is 13.0. The molecule has 0 bridgehead atoms. The molecule has 3 aromatic carbocycles. The van der Waals surface area contributed by atoms with Crippen LogP contribution in [-0.4, -0.2) is 28.8 Å². The van der Waals surface area contributed by atoms with E-state index in [2.05, 4.69) is 31.4 Å². The van der Waals surface area contributed by atoms with Crippen molar-refractivity contribution in [3.8, 4) is 21.9 Å². The van der Waals surface area contributed by atoms with E-state index in [1.807, 2.05) is 72.8 Å². The van der Waals surface area contributed by atoms with Crippen molar-refractivity contribution in [3.05, 3.63) is 111 Å². The summed E-state index contributed by atoms with van der Waals surface area (Å²) < 4.78 is 13.4. The highest BCUT2D eigenvalue weighted by Crippen LogP contribution is 2.37. The normalized spacial score (nSPS) is 11.1. The summed E-state index contributed by atoms with van der Waals surface area (Å²) in [7, 11) is 1.55. The standard InChI is InChI=1S/C29H23BrN4O4S/c1-37-24-13-20(12-23(30)27(24)38-17-19-8-4-2-5-9-19)15-32-33-26(35)16-34-18-31-28-22(29(34)36)14-25(39-28)21-10-6-3-7-11-21/h2-15,18H,16-17H2,1H3,(H,33,35)/b32-15-. The zero-order valence-corrected chi connectivity index (χ0v) is 23.2. The smallest absolute Gasteiger partial charge is 0.262 e. The first-order valence-corrected chi connectivity index (χ1v) is 13.5.